The van der Waals surface area contributed by atoms with Crippen LogP contribution in [0.4, 0.5) is 0 Å². The van der Waals surface area contributed by atoms with Crippen LogP contribution in [0.2, 0.25) is 0 Å². The maximum Gasteiger partial charge on any atom is 0.145 e. The summed E-state index contributed by atoms with van der Waals surface area (Å²) in [6.45, 7) is 0. The normalized spacial score (nSPS) is 11.5. The van der Waals surface area contributed by atoms with Gasteiger partial charge in [-0.15, -0.1) is 0 Å². The van der Waals surface area contributed by atoms with Gasteiger partial charge in [0.15, 0.2) is 0 Å². The summed E-state index contributed by atoms with van der Waals surface area (Å²) in [7, 11) is 0. The molecule has 0 saturated carbocycles. The zero-order valence-electron chi connectivity index (χ0n) is 18.0. The summed E-state index contributed by atoms with van der Waals surface area (Å²) in [6.07, 6.45) is 18.4. The molecule has 2 aromatic carbocycles. The number of aromatic nitrogens is 8. The van der Waals surface area contributed by atoms with Crippen LogP contribution in [-0.2, 0) is 0 Å². The predicted molar refractivity (Wildman–Crippen MR) is 130 cm³/mol. The Morgan fingerprint density at radius 1 is 0.529 bits per heavy atom. The van der Waals surface area contributed by atoms with Gasteiger partial charge in [0.05, 0.1) is 41.6 Å². The summed E-state index contributed by atoms with van der Waals surface area (Å²) >= 11 is 0. The lowest BCUT2D eigenvalue weighted by molar-refractivity contribution is 1.01. The van der Waals surface area contributed by atoms with Crippen LogP contribution in [0.5, 0.6) is 0 Å². The van der Waals surface area contributed by atoms with Crippen molar-refractivity contribution < 1.29 is 0 Å². The third-order valence-electron chi connectivity index (χ3n) is 6.06. The van der Waals surface area contributed by atoms with Crippen LogP contribution in [0.3, 0.4) is 0 Å². The van der Waals surface area contributed by atoms with Crippen molar-refractivity contribution in [2.24, 2.45) is 0 Å². The molecular formula is C26H18N8. The van der Waals surface area contributed by atoms with Gasteiger partial charge in [0.1, 0.15) is 5.65 Å². The maximum atomic E-state index is 4.78. The van der Waals surface area contributed by atoms with Crippen LogP contribution >= 0.6 is 0 Å². The van der Waals surface area contributed by atoms with E-state index in [9.17, 15) is 0 Å². The fourth-order valence-corrected chi connectivity index (χ4v) is 4.50. The molecule has 0 unspecified atom stereocenters. The Morgan fingerprint density at radius 3 is 1.76 bits per heavy atom. The molecule has 7 rings (SSSR count). The van der Waals surface area contributed by atoms with E-state index in [4.69, 9.17) is 4.98 Å². The topological polar surface area (TPSA) is 71.3 Å². The Balaban J connectivity index is 1.53. The first-order chi connectivity index (χ1) is 16.8. The third-order valence-corrected chi connectivity index (χ3v) is 6.06. The highest BCUT2D eigenvalue weighted by atomic mass is 15.1. The van der Waals surface area contributed by atoms with E-state index in [0.29, 0.717) is 0 Å². The van der Waals surface area contributed by atoms with E-state index in [-0.39, 0.29) is 0 Å². The van der Waals surface area contributed by atoms with Crippen molar-refractivity contribution in [2.45, 2.75) is 0 Å². The van der Waals surface area contributed by atoms with Crippen molar-refractivity contribution in [1.82, 2.24) is 38.2 Å². The molecule has 0 radical (unpaired) electrons. The van der Waals surface area contributed by atoms with Gasteiger partial charge in [-0.3, -0.25) is 4.57 Å². The number of fused-ring (bicyclic) bond motifs is 3. The summed E-state index contributed by atoms with van der Waals surface area (Å²) in [4.78, 5) is 17.4. The molecule has 34 heavy (non-hydrogen) atoms. The number of rotatable bonds is 4. The molecule has 0 atom stereocenters. The molecule has 0 spiro atoms. The van der Waals surface area contributed by atoms with Gasteiger partial charge >= 0.3 is 0 Å². The molecule has 0 saturated heterocycles. The van der Waals surface area contributed by atoms with E-state index < -0.39 is 0 Å². The zero-order valence-corrected chi connectivity index (χ0v) is 18.0. The largest absolute Gasteiger partial charge is 0.306 e. The van der Waals surface area contributed by atoms with Gasteiger partial charge in [-0.2, -0.15) is 0 Å². The van der Waals surface area contributed by atoms with Gasteiger partial charge in [0.2, 0.25) is 0 Å². The summed E-state index contributed by atoms with van der Waals surface area (Å²) in [5, 5.41) is 2.23. The number of pyridine rings is 1. The summed E-state index contributed by atoms with van der Waals surface area (Å²) < 4.78 is 8.23. The lowest BCUT2D eigenvalue weighted by atomic mass is 10.1. The molecule has 0 aliphatic heterocycles. The molecule has 0 fully saturated rings. The molecule has 0 N–H and O–H groups in total. The predicted octanol–water partition coefficient (Wildman–Crippen LogP) is 4.74. The Bertz CT molecular complexity index is 1690. The standard InChI is InChI=1S/C26H18N8/c1-2-23-24-15-19(31-9-6-27-16-31)3-4-25(24)34(26(23)30-5-1)22-13-20(32-10-7-28-17-32)12-21(14-22)33-11-8-29-18-33/h1-18H. The van der Waals surface area contributed by atoms with Gasteiger partial charge in [-0.1, -0.05) is 0 Å². The highest BCUT2D eigenvalue weighted by molar-refractivity contribution is 6.08. The smallest absolute Gasteiger partial charge is 0.145 e. The molecule has 0 bridgehead atoms. The lowest BCUT2D eigenvalue weighted by Gasteiger charge is -2.14. The molecular weight excluding hydrogens is 424 g/mol. The Hall–Kier alpha value is -4.98. The second-order valence-corrected chi connectivity index (χ2v) is 8.03. The second-order valence-electron chi connectivity index (χ2n) is 8.03. The average Bonchev–Trinajstić information content (AvgIpc) is 3.70. The highest BCUT2D eigenvalue weighted by Gasteiger charge is 2.16. The van der Waals surface area contributed by atoms with E-state index in [1.807, 2.05) is 50.9 Å². The Labute approximate surface area is 194 Å². The molecule has 162 valence electrons. The number of hydrogen-bond donors (Lipinski definition) is 0. The van der Waals surface area contributed by atoms with E-state index in [2.05, 4.69) is 62.0 Å². The molecule has 8 heteroatoms. The van der Waals surface area contributed by atoms with Crippen molar-refractivity contribution in [3.05, 3.63) is 111 Å². The van der Waals surface area contributed by atoms with Crippen molar-refractivity contribution in [2.75, 3.05) is 0 Å². The molecule has 0 amide bonds. The van der Waals surface area contributed by atoms with Gasteiger partial charge in [-0.05, 0) is 48.5 Å². The first-order valence-electron chi connectivity index (χ1n) is 10.8. The van der Waals surface area contributed by atoms with Crippen LogP contribution in [0.15, 0.2) is 111 Å². The number of benzene rings is 2. The average molecular weight is 442 g/mol. The van der Waals surface area contributed by atoms with Crippen LogP contribution < -0.4 is 0 Å². The van der Waals surface area contributed by atoms with Gasteiger partial charge in [0, 0.05) is 59.8 Å². The monoisotopic (exact) mass is 442 g/mol. The Kier molecular flexibility index (Phi) is 3.98. The minimum absolute atomic E-state index is 0.902. The summed E-state index contributed by atoms with van der Waals surface area (Å²) in [5.41, 5.74) is 6.04. The van der Waals surface area contributed by atoms with Crippen LogP contribution in [0, 0.1) is 0 Å². The number of nitrogens with zero attached hydrogens (tertiary/aromatic N) is 8. The van der Waals surface area contributed by atoms with E-state index in [1.165, 1.54) is 0 Å². The number of hydrogen-bond acceptors (Lipinski definition) is 4. The molecule has 5 heterocycles. The summed E-state index contributed by atoms with van der Waals surface area (Å²) in [6, 6.07) is 17.0. The fourth-order valence-electron chi connectivity index (χ4n) is 4.50. The van der Waals surface area contributed by atoms with Crippen molar-refractivity contribution in [1.29, 1.82) is 0 Å². The lowest BCUT2D eigenvalue weighted by Crippen LogP contribution is -2.02. The first kappa shape index (κ1) is 18.6. The van der Waals surface area contributed by atoms with Crippen molar-refractivity contribution >= 4 is 21.9 Å². The molecule has 8 nitrogen and oxygen atoms in total. The zero-order chi connectivity index (χ0) is 22.5. The minimum Gasteiger partial charge on any atom is -0.306 e. The van der Waals surface area contributed by atoms with Crippen LogP contribution in [-0.4, -0.2) is 38.2 Å². The van der Waals surface area contributed by atoms with Gasteiger partial charge in [-0.25, -0.2) is 19.9 Å². The van der Waals surface area contributed by atoms with Crippen molar-refractivity contribution in [3.63, 3.8) is 0 Å². The third kappa shape index (κ3) is 2.86. The molecule has 0 aliphatic rings. The van der Waals surface area contributed by atoms with E-state index in [1.54, 1.807) is 31.2 Å². The van der Waals surface area contributed by atoms with Crippen molar-refractivity contribution in [3.8, 4) is 22.7 Å². The van der Waals surface area contributed by atoms with Crippen LogP contribution in [0.25, 0.3) is 44.7 Å². The SMILES string of the molecule is c1cnc2c(c1)c1cc(-n3ccnc3)ccc1n2-c1cc(-n2ccnc2)cc(-n2ccnc2)c1. The maximum absolute atomic E-state index is 4.78. The summed E-state index contributed by atoms with van der Waals surface area (Å²) in [5.74, 6) is 0. The number of imidazole rings is 3. The van der Waals surface area contributed by atoms with Gasteiger partial charge < -0.3 is 13.7 Å². The quantitative estimate of drug-likeness (QED) is 0.395. The molecule has 0 aliphatic carbocycles. The molecule has 7 aromatic rings. The van der Waals surface area contributed by atoms with E-state index in [0.717, 1.165) is 44.7 Å². The first-order valence-corrected chi connectivity index (χ1v) is 10.8. The van der Waals surface area contributed by atoms with Crippen LogP contribution in [0.1, 0.15) is 0 Å². The van der Waals surface area contributed by atoms with Gasteiger partial charge in [0.25, 0.3) is 0 Å². The molecule has 5 aromatic heterocycles. The second kappa shape index (κ2) is 7.28. The highest BCUT2D eigenvalue weighted by Crippen LogP contribution is 2.33. The fraction of sp³-hybridized carbons (Fsp3) is 0. The minimum atomic E-state index is 0.902. The van der Waals surface area contributed by atoms with E-state index >= 15 is 0 Å². The Morgan fingerprint density at radius 2 is 1.15 bits per heavy atom.